The predicted octanol–water partition coefficient (Wildman–Crippen LogP) is 1.53. The Morgan fingerprint density at radius 1 is 1.14 bits per heavy atom. The summed E-state index contributed by atoms with van der Waals surface area (Å²) >= 11 is 0. The summed E-state index contributed by atoms with van der Waals surface area (Å²) in [6, 6.07) is 0. The number of alkyl halides is 6. The zero-order chi connectivity index (χ0) is 27.2. The number of ether oxygens (including phenoxy) is 2. The zero-order valence-electron chi connectivity index (χ0n) is 19.9. The van der Waals surface area contributed by atoms with E-state index < -0.39 is 41.9 Å². The van der Waals surface area contributed by atoms with Crippen molar-refractivity contribution in [3.63, 3.8) is 0 Å². The molecule has 0 aromatic carbocycles. The Hall–Kier alpha value is -2.72. The number of anilines is 1. The Kier molecular flexibility index (Phi) is 9.52. The summed E-state index contributed by atoms with van der Waals surface area (Å²) in [5.74, 6) is -3.56. The van der Waals surface area contributed by atoms with E-state index in [1.165, 1.54) is 0 Å². The maximum Gasteiger partial charge on any atom is 0.419 e. The van der Waals surface area contributed by atoms with Gasteiger partial charge in [0.25, 0.3) is 0 Å². The smallest absolute Gasteiger partial charge is 0.378 e. The molecule has 0 spiro atoms. The average Bonchev–Trinajstić information content (AvgIpc) is 2.84. The summed E-state index contributed by atoms with van der Waals surface area (Å²) < 4.78 is 88.7. The number of nitrogens with one attached hydrogen (secondary N) is 2. The van der Waals surface area contributed by atoms with Gasteiger partial charge in [-0.3, -0.25) is 15.0 Å². The number of nitrogens with zero attached hydrogens (tertiary/aromatic N) is 4. The topological polar surface area (TPSA) is 109 Å². The molecule has 2 unspecified atom stereocenters. The summed E-state index contributed by atoms with van der Waals surface area (Å²) in [5.41, 5.74) is 3.40. The van der Waals surface area contributed by atoms with Crippen LogP contribution in [-0.4, -0.2) is 91.0 Å². The molecule has 2 saturated heterocycles. The Balaban J connectivity index is 1.39. The number of hydrogen-bond acceptors (Lipinski definition) is 8. The van der Waals surface area contributed by atoms with Crippen molar-refractivity contribution in [3.8, 4) is 0 Å². The van der Waals surface area contributed by atoms with Crippen molar-refractivity contribution in [1.29, 1.82) is 0 Å². The van der Waals surface area contributed by atoms with Crippen molar-refractivity contribution in [2.75, 3.05) is 50.8 Å². The van der Waals surface area contributed by atoms with Crippen LogP contribution in [0.5, 0.6) is 0 Å². The molecule has 0 radical (unpaired) electrons. The van der Waals surface area contributed by atoms with Crippen molar-refractivity contribution in [2.24, 2.45) is 5.92 Å². The first-order valence-electron chi connectivity index (χ1n) is 11.6. The van der Waals surface area contributed by atoms with Gasteiger partial charge < -0.3 is 19.3 Å². The molecule has 2 fully saturated rings. The highest BCUT2D eigenvalue weighted by Crippen LogP contribution is 2.32. The molecule has 2 amide bonds. The Morgan fingerprint density at radius 3 is 2.35 bits per heavy atom. The molecule has 1 aromatic heterocycles. The van der Waals surface area contributed by atoms with E-state index in [1.54, 1.807) is 16.7 Å². The van der Waals surface area contributed by atoms with Crippen LogP contribution in [0.3, 0.4) is 0 Å². The summed E-state index contributed by atoms with van der Waals surface area (Å²) in [5, 5.41) is 0. The van der Waals surface area contributed by atoms with Crippen LogP contribution in [0.4, 0.5) is 32.3 Å². The molecule has 16 heteroatoms. The molecule has 0 bridgehead atoms. The van der Waals surface area contributed by atoms with Crippen LogP contribution in [-0.2, 0) is 25.2 Å². The molecule has 3 atom stereocenters. The van der Waals surface area contributed by atoms with Gasteiger partial charge in [0.2, 0.25) is 17.8 Å². The van der Waals surface area contributed by atoms with Gasteiger partial charge in [-0.1, -0.05) is 6.92 Å². The van der Waals surface area contributed by atoms with Gasteiger partial charge in [0.15, 0.2) is 5.92 Å². The number of amides is 2. The van der Waals surface area contributed by atoms with Crippen molar-refractivity contribution in [3.05, 3.63) is 18.0 Å². The number of carbonyl (C=O) groups is 2. The molecule has 208 valence electrons. The van der Waals surface area contributed by atoms with E-state index in [2.05, 4.69) is 15.4 Å². The first-order chi connectivity index (χ1) is 17.4. The maximum atomic E-state index is 13.3. The van der Waals surface area contributed by atoms with Gasteiger partial charge in [-0.15, -0.1) is 0 Å². The summed E-state index contributed by atoms with van der Waals surface area (Å²) in [6.45, 7) is 2.78. The highest BCUT2D eigenvalue weighted by atomic mass is 19.4. The van der Waals surface area contributed by atoms with Gasteiger partial charge in [0, 0.05) is 45.1 Å². The fourth-order valence-electron chi connectivity index (χ4n) is 3.91. The van der Waals surface area contributed by atoms with Crippen LogP contribution >= 0.6 is 0 Å². The highest BCUT2D eigenvalue weighted by molar-refractivity contribution is 5.80. The maximum absolute atomic E-state index is 13.3. The monoisotopic (exact) mass is 542 g/mol. The van der Waals surface area contributed by atoms with Crippen LogP contribution in [0.15, 0.2) is 12.4 Å². The molecule has 10 nitrogen and oxygen atoms in total. The van der Waals surface area contributed by atoms with Gasteiger partial charge in [0.05, 0.1) is 37.4 Å². The van der Waals surface area contributed by atoms with Gasteiger partial charge in [-0.25, -0.2) is 15.4 Å². The molecular weight excluding hydrogens is 514 g/mol. The predicted molar refractivity (Wildman–Crippen MR) is 116 cm³/mol. The van der Waals surface area contributed by atoms with E-state index in [0.29, 0.717) is 45.0 Å². The molecule has 0 aliphatic carbocycles. The number of piperazine rings is 1. The number of hydrazine groups is 1. The minimum Gasteiger partial charge on any atom is -0.378 e. The fraction of sp³-hybridized carbons (Fsp3) is 0.714. The van der Waals surface area contributed by atoms with E-state index in [0.717, 1.165) is 0 Å². The second kappa shape index (κ2) is 12.2. The molecule has 2 N–H and O–H groups in total. The number of halogens is 6. The van der Waals surface area contributed by atoms with Crippen molar-refractivity contribution in [2.45, 2.75) is 44.3 Å². The normalized spacial score (nSPS) is 22.1. The molecular formula is C21H28F6N6O4. The van der Waals surface area contributed by atoms with Crippen LogP contribution in [0.25, 0.3) is 0 Å². The molecule has 3 heterocycles. The lowest BCUT2D eigenvalue weighted by Crippen LogP contribution is -2.61. The number of carbonyl (C=O) groups excluding carboxylic acids is 2. The second-order valence-electron chi connectivity index (χ2n) is 8.56. The standard InChI is InChI=1S/C21H28F6N6O4/c1-2-14(37-15-11-30-31-18(35)17(15)21(25,26)27)12-36-8-3-16(34)32-4-6-33(7-5-32)19-28-9-13(10-29-19)20(22,23)24/h9-10,14-15,17,30H,2-8,11-12H2,1H3,(H,31,35)/t14-,15?,17?/m0/s1. The summed E-state index contributed by atoms with van der Waals surface area (Å²) in [6.07, 6.45) is -9.59. The van der Waals surface area contributed by atoms with Crippen molar-refractivity contribution in [1.82, 2.24) is 25.7 Å². The van der Waals surface area contributed by atoms with Crippen molar-refractivity contribution < 1.29 is 45.4 Å². The Bertz CT molecular complexity index is 908. The minimum atomic E-state index is -4.76. The number of hydrogen-bond donors (Lipinski definition) is 2. The van der Waals surface area contributed by atoms with E-state index >= 15 is 0 Å². The molecule has 2 aliphatic rings. The molecule has 1 aromatic rings. The van der Waals surface area contributed by atoms with Gasteiger partial charge in [-0.2, -0.15) is 26.3 Å². The van der Waals surface area contributed by atoms with Crippen molar-refractivity contribution >= 4 is 17.8 Å². The second-order valence-corrected chi connectivity index (χ2v) is 8.56. The lowest BCUT2D eigenvalue weighted by molar-refractivity contribution is -0.220. The van der Waals surface area contributed by atoms with Crippen LogP contribution < -0.4 is 15.8 Å². The van der Waals surface area contributed by atoms with Gasteiger partial charge >= 0.3 is 12.4 Å². The van der Waals surface area contributed by atoms with Crippen LogP contribution in [0, 0.1) is 5.92 Å². The fourth-order valence-corrected chi connectivity index (χ4v) is 3.91. The largest absolute Gasteiger partial charge is 0.419 e. The summed E-state index contributed by atoms with van der Waals surface area (Å²) in [4.78, 5) is 34.9. The van der Waals surface area contributed by atoms with Gasteiger partial charge in [-0.05, 0) is 6.42 Å². The lowest BCUT2D eigenvalue weighted by atomic mass is 9.99. The molecule has 3 rings (SSSR count). The first kappa shape index (κ1) is 28.8. The van der Waals surface area contributed by atoms with E-state index in [1.807, 2.05) is 5.43 Å². The number of rotatable bonds is 9. The lowest BCUT2D eigenvalue weighted by Gasteiger charge is -2.35. The third kappa shape index (κ3) is 7.88. The van der Waals surface area contributed by atoms with E-state index in [4.69, 9.17) is 9.47 Å². The third-order valence-corrected chi connectivity index (χ3v) is 5.99. The molecule has 2 aliphatic heterocycles. The average molecular weight is 542 g/mol. The quantitative estimate of drug-likeness (QED) is 0.358. The van der Waals surface area contributed by atoms with E-state index in [9.17, 15) is 35.9 Å². The summed E-state index contributed by atoms with van der Waals surface area (Å²) in [7, 11) is 0. The Morgan fingerprint density at radius 2 is 1.78 bits per heavy atom. The Labute approximate surface area is 208 Å². The first-order valence-corrected chi connectivity index (χ1v) is 11.6. The number of aromatic nitrogens is 2. The SMILES string of the molecule is CC[C@@H](COCCC(=O)N1CCN(c2ncc(C(F)(F)F)cn2)CC1)OC1CNNC(=O)C1C(F)(F)F. The van der Waals surface area contributed by atoms with E-state index in [-0.39, 0.29) is 38.0 Å². The third-order valence-electron chi connectivity index (χ3n) is 5.99. The van der Waals surface area contributed by atoms with Crippen LogP contribution in [0.2, 0.25) is 0 Å². The van der Waals surface area contributed by atoms with Crippen LogP contribution in [0.1, 0.15) is 25.3 Å². The highest BCUT2D eigenvalue weighted by Gasteiger charge is 2.52. The zero-order valence-corrected chi connectivity index (χ0v) is 19.9. The van der Waals surface area contributed by atoms with Gasteiger partial charge in [0.1, 0.15) is 0 Å². The molecule has 0 saturated carbocycles. The minimum absolute atomic E-state index is 0.0209. The molecule has 37 heavy (non-hydrogen) atoms.